The monoisotopic (exact) mass is 362 g/mol. The van der Waals surface area contributed by atoms with Gasteiger partial charge >= 0.3 is 6.09 Å². The van der Waals surface area contributed by atoms with Crippen molar-refractivity contribution in [1.82, 2.24) is 4.90 Å². The summed E-state index contributed by atoms with van der Waals surface area (Å²) in [6, 6.07) is 9.29. The lowest BCUT2D eigenvalue weighted by atomic mass is 10.1. The number of rotatable bonds is 4. The van der Waals surface area contributed by atoms with Gasteiger partial charge in [0.05, 0.1) is 17.1 Å². The van der Waals surface area contributed by atoms with Crippen LogP contribution in [0.4, 0.5) is 30.6 Å². The number of carbonyl (C=O) groups is 1. The Morgan fingerprint density at radius 1 is 1.12 bits per heavy atom. The predicted molar refractivity (Wildman–Crippen MR) is 96.3 cm³/mol. The molecule has 4 N–H and O–H groups in total. The van der Waals surface area contributed by atoms with E-state index in [0.717, 1.165) is 17.8 Å². The fourth-order valence-corrected chi connectivity index (χ4v) is 2.97. The first-order chi connectivity index (χ1) is 12.5. The molecule has 0 unspecified atom stereocenters. The van der Waals surface area contributed by atoms with Gasteiger partial charge in [-0.15, -0.1) is 0 Å². The molecule has 0 saturated carbocycles. The summed E-state index contributed by atoms with van der Waals surface area (Å²) in [5.41, 5.74) is 8.91. The van der Waals surface area contributed by atoms with Crippen molar-refractivity contribution in [3.05, 3.63) is 53.6 Å². The molecule has 1 saturated heterocycles. The van der Waals surface area contributed by atoms with Gasteiger partial charge < -0.3 is 26.0 Å². The maximum Gasteiger partial charge on any atom is 0.407 e. The molecule has 2 aromatic rings. The van der Waals surface area contributed by atoms with Crippen LogP contribution in [0.2, 0.25) is 0 Å². The van der Waals surface area contributed by atoms with Gasteiger partial charge in [0.2, 0.25) is 0 Å². The summed E-state index contributed by atoms with van der Waals surface area (Å²) in [6.07, 6.45) is -0.917. The predicted octanol–water partition coefficient (Wildman–Crippen LogP) is 2.96. The lowest BCUT2D eigenvalue weighted by Crippen LogP contribution is -2.48. The van der Waals surface area contributed by atoms with E-state index in [9.17, 15) is 13.6 Å². The maximum atomic E-state index is 13.3. The van der Waals surface area contributed by atoms with Crippen LogP contribution in [0.15, 0.2) is 36.4 Å². The van der Waals surface area contributed by atoms with E-state index in [0.29, 0.717) is 49.7 Å². The van der Waals surface area contributed by atoms with E-state index in [4.69, 9.17) is 10.8 Å². The van der Waals surface area contributed by atoms with Gasteiger partial charge in [0.1, 0.15) is 0 Å². The second-order valence-electron chi connectivity index (χ2n) is 6.10. The van der Waals surface area contributed by atoms with Crippen LogP contribution in [-0.4, -0.2) is 42.3 Å². The molecule has 1 aliphatic heterocycles. The average molecular weight is 362 g/mol. The largest absolute Gasteiger partial charge is 0.465 e. The van der Waals surface area contributed by atoms with Crippen molar-refractivity contribution < 1.29 is 18.7 Å². The number of anilines is 3. The van der Waals surface area contributed by atoms with Gasteiger partial charge in [0.15, 0.2) is 11.6 Å². The summed E-state index contributed by atoms with van der Waals surface area (Å²) in [5, 5.41) is 12.2. The van der Waals surface area contributed by atoms with Crippen molar-refractivity contribution in [3.8, 4) is 0 Å². The first-order valence-corrected chi connectivity index (χ1v) is 8.25. The SMILES string of the molecule is Nc1c(NCc2ccc(F)c(F)c2)cccc1N1CCN(C(=O)O)CC1. The van der Waals surface area contributed by atoms with Crippen LogP contribution >= 0.6 is 0 Å². The summed E-state index contributed by atoms with van der Waals surface area (Å²) < 4.78 is 26.3. The zero-order valence-electron chi connectivity index (χ0n) is 14.1. The fourth-order valence-electron chi connectivity index (χ4n) is 2.97. The number of hydrogen-bond donors (Lipinski definition) is 3. The van der Waals surface area contributed by atoms with Crippen molar-refractivity contribution in [1.29, 1.82) is 0 Å². The van der Waals surface area contributed by atoms with Crippen molar-refractivity contribution in [3.63, 3.8) is 0 Å². The van der Waals surface area contributed by atoms with Gasteiger partial charge in [-0.1, -0.05) is 12.1 Å². The second kappa shape index (κ2) is 7.47. The number of benzene rings is 2. The summed E-state index contributed by atoms with van der Waals surface area (Å²) in [6.45, 7) is 2.26. The van der Waals surface area contributed by atoms with E-state index in [1.54, 1.807) is 0 Å². The van der Waals surface area contributed by atoms with E-state index >= 15 is 0 Å². The van der Waals surface area contributed by atoms with E-state index < -0.39 is 17.7 Å². The highest BCUT2D eigenvalue weighted by Crippen LogP contribution is 2.31. The van der Waals surface area contributed by atoms with Gasteiger partial charge in [0.25, 0.3) is 0 Å². The zero-order valence-corrected chi connectivity index (χ0v) is 14.1. The number of nitrogens with one attached hydrogen (secondary N) is 1. The van der Waals surface area contributed by atoms with Crippen LogP contribution in [0.1, 0.15) is 5.56 Å². The minimum Gasteiger partial charge on any atom is -0.465 e. The third kappa shape index (κ3) is 3.79. The Balaban J connectivity index is 1.69. The number of nitrogen functional groups attached to an aromatic ring is 1. The first kappa shape index (κ1) is 17.8. The van der Waals surface area contributed by atoms with Gasteiger partial charge in [-0.3, -0.25) is 0 Å². The van der Waals surface area contributed by atoms with Gasteiger partial charge in [0, 0.05) is 32.7 Å². The number of nitrogens with zero attached hydrogens (tertiary/aromatic N) is 2. The van der Waals surface area contributed by atoms with Crippen LogP contribution in [0.25, 0.3) is 0 Å². The standard InChI is InChI=1S/C18H20F2N4O2/c19-13-5-4-12(10-14(13)20)11-22-15-2-1-3-16(17(15)21)23-6-8-24(9-7-23)18(25)26/h1-5,10,22H,6-9,11,21H2,(H,25,26). The molecule has 1 fully saturated rings. The molecule has 1 heterocycles. The molecule has 3 rings (SSSR count). The minimum absolute atomic E-state index is 0.303. The molecule has 1 aliphatic rings. The molecule has 0 radical (unpaired) electrons. The van der Waals surface area contributed by atoms with E-state index in [2.05, 4.69) is 5.32 Å². The highest BCUT2D eigenvalue weighted by Gasteiger charge is 2.22. The normalized spacial score (nSPS) is 14.4. The first-order valence-electron chi connectivity index (χ1n) is 8.25. The van der Waals surface area contributed by atoms with E-state index in [-0.39, 0.29) is 0 Å². The summed E-state index contributed by atoms with van der Waals surface area (Å²) in [5.74, 6) is -1.77. The van der Waals surface area contributed by atoms with Gasteiger partial charge in [-0.05, 0) is 29.8 Å². The lowest BCUT2D eigenvalue weighted by Gasteiger charge is -2.35. The molecule has 8 heteroatoms. The molecule has 1 amide bonds. The Bertz CT molecular complexity index is 808. The Morgan fingerprint density at radius 2 is 1.85 bits per heavy atom. The number of amides is 1. The molecule has 0 aliphatic carbocycles. The van der Waals surface area contributed by atoms with E-state index in [1.807, 2.05) is 23.1 Å². The van der Waals surface area contributed by atoms with Crippen molar-refractivity contribution in [2.75, 3.05) is 42.1 Å². The summed E-state index contributed by atoms with van der Waals surface area (Å²) in [4.78, 5) is 14.4. The highest BCUT2D eigenvalue weighted by atomic mass is 19.2. The second-order valence-corrected chi connectivity index (χ2v) is 6.10. The number of hydrogen-bond acceptors (Lipinski definition) is 4. The molecule has 26 heavy (non-hydrogen) atoms. The molecule has 0 bridgehead atoms. The van der Waals surface area contributed by atoms with E-state index in [1.165, 1.54) is 11.0 Å². The van der Waals surface area contributed by atoms with Gasteiger partial charge in [-0.25, -0.2) is 13.6 Å². The Labute approximate surface area is 149 Å². The quantitative estimate of drug-likeness (QED) is 0.729. The third-order valence-electron chi connectivity index (χ3n) is 4.44. The summed E-state index contributed by atoms with van der Waals surface area (Å²) >= 11 is 0. The average Bonchev–Trinajstić information content (AvgIpc) is 2.64. The topological polar surface area (TPSA) is 81.8 Å². The van der Waals surface area contributed by atoms with Crippen LogP contribution in [-0.2, 0) is 6.54 Å². The molecular formula is C18H20F2N4O2. The molecule has 0 spiro atoms. The summed E-state index contributed by atoms with van der Waals surface area (Å²) in [7, 11) is 0. The minimum atomic E-state index is -0.917. The molecule has 0 aromatic heterocycles. The van der Waals surface area contributed by atoms with Crippen LogP contribution in [0, 0.1) is 11.6 Å². The molecule has 2 aromatic carbocycles. The Hall–Kier alpha value is -3.03. The number of para-hydroxylation sites is 1. The molecule has 138 valence electrons. The number of nitrogens with two attached hydrogens (primary N) is 1. The zero-order chi connectivity index (χ0) is 18.7. The van der Waals surface area contributed by atoms with Gasteiger partial charge in [-0.2, -0.15) is 0 Å². The molecule has 6 nitrogen and oxygen atoms in total. The smallest absolute Gasteiger partial charge is 0.407 e. The maximum absolute atomic E-state index is 13.3. The van der Waals surface area contributed by atoms with Crippen LogP contribution in [0.3, 0.4) is 0 Å². The Morgan fingerprint density at radius 3 is 2.50 bits per heavy atom. The molecule has 0 atom stereocenters. The number of carboxylic acid groups (broad SMARTS) is 1. The van der Waals surface area contributed by atoms with Crippen molar-refractivity contribution in [2.45, 2.75) is 6.54 Å². The van der Waals surface area contributed by atoms with Crippen molar-refractivity contribution in [2.24, 2.45) is 0 Å². The fraction of sp³-hybridized carbons (Fsp3) is 0.278. The highest BCUT2D eigenvalue weighted by molar-refractivity contribution is 5.81. The molecular weight excluding hydrogens is 342 g/mol. The number of piperazine rings is 1. The lowest BCUT2D eigenvalue weighted by molar-refractivity contribution is 0.142. The third-order valence-corrected chi connectivity index (χ3v) is 4.44. The van der Waals surface area contributed by atoms with Crippen molar-refractivity contribution >= 4 is 23.2 Å². The van der Waals surface area contributed by atoms with Crippen LogP contribution in [0.5, 0.6) is 0 Å². The van der Waals surface area contributed by atoms with Crippen LogP contribution < -0.4 is 16.0 Å². The number of halogens is 2. The Kier molecular flexibility index (Phi) is 5.11.